The first-order valence-corrected chi connectivity index (χ1v) is 11.7. The van der Waals surface area contributed by atoms with Gasteiger partial charge >= 0.3 is 0 Å². The van der Waals surface area contributed by atoms with E-state index in [2.05, 4.69) is 19.8 Å². The minimum atomic E-state index is 0.249. The van der Waals surface area contributed by atoms with Crippen molar-refractivity contribution in [1.29, 1.82) is 0 Å². The molecule has 0 unspecified atom stereocenters. The molecule has 10 nitrogen and oxygen atoms in total. The molecule has 4 N–H and O–H groups in total. The molecule has 0 aliphatic carbocycles. The Morgan fingerprint density at radius 3 is 2.78 bits per heavy atom. The smallest absolute Gasteiger partial charge is 0.293 e. The molecule has 190 valence electrons. The van der Waals surface area contributed by atoms with Crippen molar-refractivity contribution >= 4 is 28.9 Å². The molecule has 10 heteroatoms. The summed E-state index contributed by atoms with van der Waals surface area (Å²) in [6.07, 6.45) is 6.04. The molecule has 0 saturated carbocycles. The Bertz CT molecular complexity index is 1210. The van der Waals surface area contributed by atoms with Gasteiger partial charge in [-0.2, -0.15) is 5.10 Å². The van der Waals surface area contributed by atoms with Crippen LogP contribution in [0.1, 0.15) is 37.9 Å². The molecule has 1 aliphatic heterocycles. The Labute approximate surface area is 210 Å². The number of fused-ring (bicyclic) bond motifs is 2. The van der Waals surface area contributed by atoms with Crippen molar-refractivity contribution in [2.75, 3.05) is 19.9 Å². The summed E-state index contributed by atoms with van der Waals surface area (Å²) in [6, 6.07) is 13.9. The predicted octanol–water partition coefficient (Wildman–Crippen LogP) is 3.41. The van der Waals surface area contributed by atoms with Gasteiger partial charge in [0.2, 0.25) is 6.79 Å². The van der Waals surface area contributed by atoms with E-state index in [0.717, 1.165) is 52.2 Å². The van der Waals surface area contributed by atoms with Crippen molar-refractivity contribution < 1.29 is 19.0 Å². The van der Waals surface area contributed by atoms with Crippen LogP contribution >= 0.6 is 0 Å². The summed E-state index contributed by atoms with van der Waals surface area (Å²) in [5.74, 6) is 14.1. The van der Waals surface area contributed by atoms with Gasteiger partial charge in [-0.15, -0.1) is 0 Å². The largest absolute Gasteiger partial charge is 0.468 e. The minimum absolute atomic E-state index is 0.249. The van der Waals surface area contributed by atoms with Crippen LogP contribution in [-0.2, 0) is 16.0 Å². The van der Waals surface area contributed by atoms with Crippen LogP contribution < -0.4 is 21.2 Å². The predicted molar refractivity (Wildman–Crippen MR) is 139 cm³/mol. The Hall–Kier alpha value is -4.18. The first kappa shape index (κ1) is 26.4. The van der Waals surface area contributed by atoms with E-state index in [9.17, 15) is 4.79 Å². The van der Waals surface area contributed by atoms with E-state index < -0.39 is 0 Å². The van der Waals surface area contributed by atoms with Crippen molar-refractivity contribution in [1.82, 2.24) is 15.0 Å². The summed E-state index contributed by atoms with van der Waals surface area (Å²) in [7, 11) is 0. The molecule has 0 spiro atoms. The highest BCUT2D eigenvalue weighted by Gasteiger charge is 2.16. The zero-order valence-corrected chi connectivity index (χ0v) is 20.6. The SMILES string of the molecule is C/C=C(/CN(N)/C(CCCc1ccc2cccnc2n1)=N\N)c1ccc2c(c1)OCO2.CCOC=O. The van der Waals surface area contributed by atoms with Crippen LogP contribution in [-0.4, -0.2) is 47.2 Å². The zero-order chi connectivity index (χ0) is 25.8. The number of ether oxygens (including phenoxy) is 3. The third-order valence-electron chi connectivity index (χ3n) is 5.50. The van der Waals surface area contributed by atoms with Gasteiger partial charge < -0.3 is 20.1 Å². The van der Waals surface area contributed by atoms with Gasteiger partial charge in [0, 0.05) is 23.7 Å². The van der Waals surface area contributed by atoms with Crippen molar-refractivity contribution in [3.8, 4) is 11.5 Å². The van der Waals surface area contributed by atoms with E-state index in [-0.39, 0.29) is 6.79 Å². The van der Waals surface area contributed by atoms with Crippen LogP contribution in [0.5, 0.6) is 11.5 Å². The number of nitrogens with two attached hydrogens (primary N) is 2. The number of rotatable bonds is 9. The topological polar surface area (TPSA) is 138 Å². The molecule has 0 fully saturated rings. The van der Waals surface area contributed by atoms with Crippen LogP contribution in [0.25, 0.3) is 16.6 Å². The van der Waals surface area contributed by atoms with Gasteiger partial charge in [0.15, 0.2) is 17.1 Å². The number of hydrogen-bond acceptors (Lipinski definition) is 9. The lowest BCUT2D eigenvalue weighted by Gasteiger charge is -2.22. The highest BCUT2D eigenvalue weighted by Crippen LogP contribution is 2.34. The summed E-state index contributed by atoms with van der Waals surface area (Å²) < 4.78 is 15.0. The lowest BCUT2D eigenvalue weighted by Crippen LogP contribution is -2.39. The normalized spacial score (nSPS) is 12.6. The molecule has 0 atom stereocenters. The summed E-state index contributed by atoms with van der Waals surface area (Å²) in [4.78, 5) is 18.1. The molecular weight excluding hydrogens is 460 g/mol. The molecule has 0 radical (unpaired) electrons. The van der Waals surface area contributed by atoms with Crippen LogP contribution in [0.4, 0.5) is 0 Å². The maximum Gasteiger partial charge on any atom is 0.293 e. The average molecular weight is 493 g/mol. The number of nitrogens with zero attached hydrogens (tertiary/aromatic N) is 4. The average Bonchev–Trinajstić information content (AvgIpc) is 3.38. The van der Waals surface area contributed by atoms with Gasteiger partial charge in [-0.25, -0.2) is 15.8 Å². The van der Waals surface area contributed by atoms with E-state index in [0.29, 0.717) is 31.9 Å². The fraction of sp³-hybridized carbons (Fsp3) is 0.308. The van der Waals surface area contributed by atoms with Crippen LogP contribution in [0, 0.1) is 0 Å². The van der Waals surface area contributed by atoms with Crippen LogP contribution in [0.15, 0.2) is 59.8 Å². The quantitative estimate of drug-likeness (QED) is 0.151. The van der Waals surface area contributed by atoms with E-state index in [1.54, 1.807) is 18.1 Å². The molecule has 0 bridgehead atoms. The summed E-state index contributed by atoms with van der Waals surface area (Å²) in [6.45, 7) is 5.37. The van der Waals surface area contributed by atoms with E-state index in [1.165, 1.54) is 0 Å². The Morgan fingerprint density at radius 2 is 2.06 bits per heavy atom. The number of hydrogen-bond donors (Lipinski definition) is 2. The number of carbonyl (C=O) groups excluding carboxylic acids is 1. The second-order valence-electron chi connectivity index (χ2n) is 7.81. The first-order chi connectivity index (χ1) is 17.6. The van der Waals surface area contributed by atoms with Crippen molar-refractivity contribution in [2.45, 2.75) is 33.1 Å². The van der Waals surface area contributed by atoms with Gasteiger partial charge in [0.1, 0.15) is 5.84 Å². The number of aromatic nitrogens is 2. The molecule has 1 aromatic carbocycles. The highest BCUT2D eigenvalue weighted by atomic mass is 16.7. The summed E-state index contributed by atoms with van der Waals surface area (Å²) >= 11 is 0. The molecule has 0 saturated heterocycles. The Morgan fingerprint density at radius 1 is 1.22 bits per heavy atom. The van der Waals surface area contributed by atoms with Crippen LogP contribution in [0.3, 0.4) is 0 Å². The lowest BCUT2D eigenvalue weighted by atomic mass is 10.0. The maximum atomic E-state index is 9.18. The number of carbonyl (C=O) groups is 1. The van der Waals surface area contributed by atoms with Gasteiger partial charge in [-0.1, -0.05) is 12.1 Å². The monoisotopic (exact) mass is 492 g/mol. The number of hydrazine groups is 1. The third kappa shape index (κ3) is 7.16. The second kappa shape index (κ2) is 13.6. The molecule has 3 heterocycles. The number of hydrazone groups is 1. The molecular formula is C26H32N6O4. The van der Waals surface area contributed by atoms with Gasteiger partial charge in [-0.05, 0) is 74.2 Å². The van der Waals surface area contributed by atoms with Gasteiger partial charge in [-0.3, -0.25) is 9.80 Å². The van der Waals surface area contributed by atoms with Crippen molar-refractivity contribution in [2.24, 2.45) is 16.8 Å². The van der Waals surface area contributed by atoms with Crippen LogP contribution in [0.2, 0.25) is 0 Å². The van der Waals surface area contributed by atoms with E-state index in [1.807, 2.05) is 55.5 Å². The second-order valence-corrected chi connectivity index (χ2v) is 7.81. The summed E-state index contributed by atoms with van der Waals surface area (Å²) in [5, 5.41) is 6.55. The third-order valence-corrected chi connectivity index (χ3v) is 5.50. The van der Waals surface area contributed by atoms with Crippen molar-refractivity contribution in [3.63, 3.8) is 0 Å². The maximum absolute atomic E-state index is 9.18. The standard InChI is InChI=1S/C23H26N6O2.C3H6O2/c1-2-16(18-9-11-20-21(13-18)31-15-30-20)14-29(25)22(28-24)7-3-6-19-10-8-17-5-4-12-26-23(17)27-19;1-2-5-3-4/h2,4-5,8-13H,3,6-7,14-15,24-25H2,1H3;3H,2H2,1H3/b16-2-,28-22-;. The molecule has 2 aromatic heterocycles. The molecule has 3 aromatic rings. The van der Waals surface area contributed by atoms with E-state index in [4.69, 9.17) is 21.2 Å². The zero-order valence-electron chi connectivity index (χ0n) is 20.6. The fourth-order valence-corrected chi connectivity index (χ4v) is 3.63. The lowest BCUT2D eigenvalue weighted by molar-refractivity contribution is -0.128. The van der Waals surface area contributed by atoms with Gasteiger partial charge in [0.25, 0.3) is 6.47 Å². The fourth-order valence-electron chi connectivity index (χ4n) is 3.63. The minimum Gasteiger partial charge on any atom is -0.468 e. The van der Waals surface area contributed by atoms with Gasteiger partial charge in [0.05, 0.1) is 13.2 Å². The first-order valence-electron chi connectivity index (χ1n) is 11.7. The molecule has 36 heavy (non-hydrogen) atoms. The van der Waals surface area contributed by atoms with Crippen molar-refractivity contribution in [3.05, 3.63) is 66.0 Å². The number of allylic oxidation sites excluding steroid dienone is 1. The number of benzene rings is 1. The molecule has 0 amide bonds. The Kier molecular flexibility index (Phi) is 10.0. The highest BCUT2D eigenvalue weighted by molar-refractivity contribution is 5.83. The van der Waals surface area contributed by atoms with E-state index >= 15 is 0 Å². The summed E-state index contributed by atoms with van der Waals surface area (Å²) in [5.41, 5.74) is 3.81. The molecule has 4 rings (SSSR count). The number of aryl methyl sites for hydroxylation is 1. The number of pyridine rings is 2. The number of amidine groups is 1. The Balaban J connectivity index is 0.000000658. The molecule has 1 aliphatic rings.